The molecule has 194 valence electrons. The summed E-state index contributed by atoms with van der Waals surface area (Å²) in [5, 5.41) is 2.69. The Labute approximate surface area is 214 Å². The molecule has 0 spiro atoms. The van der Waals surface area contributed by atoms with E-state index in [1.54, 1.807) is 27.3 Å². The Morgan fingerprint density at radius 3 is 2.31 bits per heavy atom. The highest BCUT2D eigenvalue weighted by atomic mass is 32.1. The number of carbonyl (C=O) groups is 3. The summed E-state index contributed by atoms with van der Waals surface area (Å²) >= 11 is 1.47. The summed E-state index contributed by atoms with van der Waals surface area (Å²) in [5.74, 6) is 0.457. The van der Waals surface area contributed by atoms with Crippen molar-refractivity contribution in [2.75, 3.05) is 47.5 Å². The van der Waals surface area contributed by atoms with Crippen molar-refractivity contribution in [1.82, 2.24) is 14.8 Å². The van der Waals surface area contributed by atoms with Crippen LogP contribution in [-0.2, 0) is 4.79 Å². The van der Waals surface area contributed by atoms with Crippen molar-refractivity contribution in [3.05, 3.63) is 33.8 Å². The monoisotopic (exact) mass is 516 g/mol. The first-order chi connectivity index (χ1) is 17.4. The molecular weight excluding hydrogens is 484 g/mol. The van der Waals surface area contributed by atoms with E-state index in [0.29, 0.717) is 61.1 Å². The molecule has 1 atom stereocenters. The van der Waals surface area contributed by atoms with Gasteiger partial charge in [-0.05, 0) is 37.8 Å². The summed E-state index contributed by atoms with van der Waals surface area (Å²) in [7, 11) is 4.54. The molecule has 10 nitrogen and oxygen atoms in total. The molecule has 3 amide bonds. The smallest absolute Gasteiger partial charge is 0.273 e. The Morgan fingerprint density at radius 1 is 0.944 bits per heavy atom. The van der Waals surface area contributed by atoms with Crippen molar-refractivity contribution in [1.29, 1.82) is 0 Å². The second-order valence-electron chi connectivity index (χ2n) is 9.01. The number of carbonyl (C=O) groups excluding carboxylic acids is 3. The predicted molar refractivity (Wildman–Crippen MR) is 134 cm³/mol. The summed E-state index contributed by atoms with van der Waals surface area (Å²) in [5.41, 5.74) is 6.28. The number of methoxy groups -OCH3 is 3. The van der Waals surface area contributed by atoms with E-state index in [1.807, 2.05) is 0 Å². The number of piperidine rings is 2. The van der Waals surface area contributed by atoms with Gasteiger partial charge in [0.25, 0.3) is 11.8 Å². The Bertz CT molecular complexity index is 1130. The van der Waals surface area contributed by atoms with E-state index in [4.69, 9.17) is 19.9 Å². The van der Waals surface area contributed by atoms with Gasteiger partial charge in [0, 0.05) is 37.5 Å². The molecule has 36 heavy (non-hydrogen) atoms. The molecule has 2 aliphatic rings. The zero-order valence-electron chi connectivity index (χ0n) is 20.8. The lowest BCUT2D eigenvalue weighted by Crippen LogP contribution is -2.44. The third-order valence-corrected chi connectivity index (χ3v) is 7.93. The van der Waals surface area contributed by atoms with Gasteiger partial charge in [0.05, 0.1) is 37.8 Å². The van der Waals surface area contributed by atoms with Crippen LogP contribution in [0, 0.1) is 5.92 Å². The summed E-state index contributed by atoms with van der Waals surface area (Å²) in [6.45, 7) is 2.09. The first kappa shape index (κ1) is 25.7. The van der Waals surface area contributed by atoms with E-state index in [0.717, 1.165) is 24.3 Å². The van der Waals surface area contributed by atoms with E-state index in [2.05, 4.69) is 4.98 Å². The average molecular weight is 517 g/mol. The van der Waals surface area contributed by atoms with Crippen LogP contribution in [0.25, 0.3) is 0 Å². The van der Waals surface area contributed by atoms with Gasteiger partial charge in [0.1, 0.15) is 5.69 Å². The molecule has 2 fully saturated rings. The fourth-order valence-electron chi connectivity index (χ4n) is 4.90. The van der Waals surface area contributed by atoms with E-state index >= 15 is 0 Å². The fraction of sp³-hybridized carbons (Fsp3) is 0.520. The van der Waals surface area contributed by atoms with Gasteiger partial charge < -0.3 is 29.7 Å². The molecule has 2 aliphatic heterocycles. The molecule has 1 aromatic heterocycles. The number of nitrogens with two attached hydrogens (primary N) is 1. The normalized spacial score (nSPS) is 18.6. The van der Waals surface area contributed by atoms with Crippen molar-refractivity contribution in [2.24, 2.45) is 11.7 Å². The first-order valence-corrected chi connectivity index (χ1v) is 12.9. The van der Waals surface area contributed by atoms with Gasteiger partial charge in [-0.15, -0.1) is 11.3 Å². The molecular formula is C25H32N4O6S. The van der Waals surface area contributed by atoms with Crippen LogP contribution < -0.4 is 19.9 Å². The lowest BCUT2D eigenvalue weighted by molar-refractivity contribution is -0.123. The predicted octanol–water partition coefficient (Wildman–Crippen LogP) is 2.53. The molecule has 2 saturated heterocycles. The summed E-state index contributed by atoms with van der Waals surface area (Å²) in [4.78, 5) is 45.9. The fourth-order valence-corrected chi connectivity index (χ4v) is 5.86. The van der Waals surface area contributed by atoms with Crippen LogP contribution in [0.15, 0.2) is 17.5 Å². The van der Waals surface area contributed by atoms with Crippen LogP contribution in [0.5, 0.6) is 17.2 Å². The molecule has 2 aromatic rings. The molecule has 0 radical (unpaired) electrons. The zero-order chi connectivity index (χ0) is 25.8. The minimum Gasteiger partial charge on any atom is -0.493 e. The van der Waals surface area contributed by atoms with Crippen LogP contribution in [-0.4, -0.2) is 80.0 Å². The molecule has 0 aliphatic carbocycles. The summed E-state index contributed by atoms with van der Waals surface area (Å²) < 4.78 is 16.2. The minimum atomic E-state index is -0.363. The number of primary amides is 1. The number of nitrogens with zero attached hydrogens (tertiary/aromatic N) is 3. The summed E-state index contributed by atoms with van der Waals surface area (Å²) in [6, 6.07) is 3.39. The number of amides is 3. The number of rotatable bonds is 7. The maximum atomic E-state index is 13.3. The van der Waals surface area contributed by atoms with Gasteiger partial charge in [-0.3, -0.25) is 14.4 Å². The van der Waals surface area contributed by atoms with Gasteiger partial charge in [0.2, 0.25) is 11.7 Å². The number of benzene rings is 1. The van der Waals surface area contributed by atoms with Crippen LogP contribution in [0.3, 0.4) is 0 Å². The molecule has 1 aromatic carbocycles. The van der Waals surface area contributed by atoms with Crippen LogP contribution >= 0.6 is 11.3 Å². The molecule has 3 heterocycles. The summed E-state index contributed by atoms with van der Waals surface area (Å²) in [6.07, 6.45) is 2.97. The molecule has 2 N–H and O–H groups in total. The molecule has 1 unspecified atom stereocenters. The van der Waals surface area contributed by atoms with Crippen LogP contribution in [0.1, 0.15) is 57.5 Å². The second-order valence-corrected chi connectivity index (χ2v) is 9.90. The quantitative estimate of drug-likeness (QED) is 0.600. The number of ether oxygens (including phenoxy) is 3. The van der Waals surface area contributed by atoms with Crippen molar-refractivity contribution >= 4 is 29.1 Å². The molecule has 0 saturated carbocycles. The van der Waals surface area contributed by atoms with E-state index < -0.39 is 0 Å². The number of hydrogen-bond acceptors (Lipinski definition) is 8. The van der Waals surface area contributed by atoms with Gasteiger partial charge >= 0.3 is 0 Å². The zero-order valence-corrected chi connectivity index (χ0v) is 21.6. The largest absolute Gasteiger partial charge is 0.493 e. The van der Waals surface area contributed by atoms with E-state index in [-0.39, 0.29) is 29.6 Å². The van der Waals surface area contributed by atoms with Crippen molar-refractivity contribution < 1.29 is 28.6 Å². The highest BCUT2D eigenvalue weighted by Crippen LogP contribution is 2.41. The third-order valence-electron chi connectivity index (χ3n) is 6.92. The van der Waals surface area contributed by atoms with Crippen molar-refractivity contribution in [3.63, 3.8) is 0 Å². The second kappa shape index (κ2) is 11.2. The standard InChI is InChI=1S/C25H32N4O6S/c1-33-19-7-6-17(20(34-2)21(19)35-3)24(31)28-11-8-15(9-12-28)23-27-18(14-36-23)25(32)29-10-4-5-16(13-29)22(26)30/h6-7,14-16H,4-5,8-13H2,1-3H3,(H2,26,30). The minimum absolute atomic E-state index is 0.129. The SMILES string of the molecule is COc1ccc(C(=O)N2CCC(c3nc(C(=O)N4CCCC(C(N)=O)C4)cs3)CC2)c(OC)c1OC. The van der Waals surface area contributed by atoms with Crippen molar-refractivity contribution in [3.8, 4) is 17.2 Å². The average Bonchev–Trinajstić information content (AvgIpc) is 3.41. The lowest BCUT2D eigenvalue weighted by atomic mass is 9.96. The first-order valence-electron chi connectivity index (χ1n) is 12.0. The van der Waals surface area contributed by atoms with Gasteiger partial charge in [-0.1, -0.05) is 0 Å². The molecule has 11 heteroatoms. The van der Waals surface area contributed by atoms with E-state index in [1.165, 1.54) is 32.7 Å². The number of aromatic nitrogens is 1. The van der Waals surface area contributed by atoms with Gasteiger partial charge in [-0.25, -0.2) is 4.98 Å². The maximum Gasteiger partial charge on any atom is 0.273 e. The highest BCUT2D eigenvalue weighted by molar-refractivity contribution is 7.09. The van der Waals surface area contributed by atoms with Crippen LogP contribution in [0.2, 0.25) is 0 Å². The Morgan fingerprint density at radius 2 is 1.67 bits per heavy atom. The topological polar surface area (TPSA) is 124 Å². The molecule has 0 bridgehead atoms. The number of hydrogen-bond donors (Lipinski definition) is 1. The van der Waals surface area contributed by atoms with Gasteiger partial charge in [-0.2, -0.15) is 0 Å². The number of thiazole rings is 1. The maximum absolute atomic E-state index is 13.3. The highest BCUT2D eigenvalue weighted by Gasteiger charge is 2.32. The Kier molecular flexibility index (Phi) is 7.97. The van der Waals surface area contributed by atoms with Crippen LogP contribution in [0.4, 0.5) is 0 Å². The third kappa shape index (κ3) is 5.11. The Balaban J connectivity index is 1.40. The van der Waals surface area contributed by atoms with Crippen molar-refractivity contribution in [2.45, 2.75) is 31.6 Å². The van der Waals surface area contributed by atoms with Gasteiger partial charge in [0.15, 0.2) is 11.5 Å². The Hall–Kier alpha value is -3.34. The van der Waals surface area contributed by atoms with E-state index in [9.17, 15) is 14.4 Å². The number of likely N-dealkylation sites (tertiary alicyclic amines) is 2. The lowest BCUT2D eigenvalue weighted by Gasteiger charge is -2.32. The molecule has 4 rings (SSSR count).